The lowest BCUT2D eigenvalue weighted by Crippen LogP contribution is -2.37. The summed E-state index contributed by atoms with van der Waals surface area (Å²) in [6.45, 7) is 0.196. The maximum Gasteiger partial charge on any atom is 0.268 e. The molecule has 0 fully saturated rings. The average molecular weight is 346 g/mol. The number of hydrogen-bond donors (Lipinski definition) is 2. The smallest absolute Gasteiger partial charge is 0.268 e. The number of nitrogens with one attached hydrogen (secondary N) is 2. The highest BCUT2D eigenvalue weighted by Crippen LogP contribution is 2.19. The Morgan fingerprint density at radius 3 is 2.75 bits per heavy atom. The van der Waals surface area contributed by atoms with Crippen molar-refractivity contribution in [2.75, 3.05) is 6.54 Å². The summed E-state index contributed by atoms with van der Waals surface area (Å²) in [5, 5.41) is 5.91. The Balaban J connectivity index is 1.54. The summed E-state index contributed by atoms with van der Waals surface area (Å²) in [4.78, 5) is 24.1. The molecule has 2 amide bonds. The molecule has 124 valence electrons. The first-order valence-electron chi connectivity index (χ1n) is 7.37. The third-order valence-electron chi connectivity index (χ3n) is 3.74. The van der Waals surface area contributed by atoms with Gasteiger partial charge in [0.15, 0.2) is 5.58 Å². The lowest BCUT2D eigenvalue weighted by molar-refractivity contribution is -0.120. The van der Waals surface area contributed by atoms with E-state index in [0.29, 0.717) is 22.8 Å². The predicted octanol–water partition coefficient (Wildman–Crippen LogP) is 2.47. The minimum Gasteiger partial charge on any atom is -0.463 e. The monoisotopic (exact) mass is 345 g/mol. The van der Waals surface area contributed by atoms with Gasteiger partial charge in [-0.2, -0.15) is 0 Å². The van der Waals surface area contributed by atoms with Crippen LogP contribution in [-0.4, -0.2) is 22.9 Å². The van der Waals surface area contributed by atoms with E-state index in [1.807, 2.05) is 18.2 Å². The Morgan fingerprint density at radius 2 is 2.00 bits per heavy atom. The number of hydrogen-bond acceptors (Lipinski definition) is 3. The molecule has 0 bridgehead atoms. The van der Waals surface area contributed by atoms with Gasteiger partial charge in [0.2, 0.25) is 5.91 Å². The number of carbonyl (C=O) groups is 2. The van der Waals surface area contributed by atoms with Crippen molar-refractivity contribution in [2.45, 2.75) is 6.54 Å². The lowest BCUT2D eigenvalue weighted by atomic mass is 10.2. The molecule has 0 atom stereocenters. The predicted molar refractivity (Wildman–Crippen MR) is 90.8 cm³/mol. The van der Waals surface area contributed by atoms with Crippen molar-refractivity contribution in [3.05, 3.63) is 58.9 Å². The second-order valence-corrected chi connectivity index (χ2v) is 5.72. The molecule has 2 N–H and O–H groups in total. The molecule has 1 aromatic carbocycles. The largest absolute Gasteiger partial charge is 0.463 e. The molecule has 3 rings (SSSR count). The van der Waals surface area contributed by atoms with Gasteiger partial charge < -0.3 is 19.6 Å². The highest BCUT2D eigenvalue weighted by molar-refractivity contribution is 6.31. The van der Waals surface area contributed by atoms with Crippen LogP contribution in [0.1, 0.15) is 16.1 Å². The number of benzene rings is 1. The van der Waals surface area contributed by atoms with Crippen molar-refractivity contribution < 1.29 is 14.0 Å². The number of amides is 2. The van der Waals surface area contributed by atoms with E-state index >= 15 is 0 Å². The van der Waals surface area contributed by atoms with Crippen LogP contribution in [-0.2, 0) is 18.4 Å². The van der Waals surface area contributed by atoms with Crippen molar-refractivity contribution >= 4 is 34.5 Å². The van der Waals surface area contributed by atoms with Gasteiger partial charge in [-0.1, -0.05) is 29.8 Å². The topological polar surface area (TPSA) is 76.3 Å². The van der Waals surface area contributed by atoms with E-state index in [4.69, 9.17) is 16.0 Å². The molecule has 0 saturated carbocycles. The zero-order valence-electron chi connectivity index (χ0n) is 13.0. The van der Waals surface area contributed by atoms with Crippen LogP contribution in [0.2, 0.25) is 5.02 Å². The van der Waals surface area contributed by atoms with E-state index < -0.39 is 0 Å². The molecule has 24 heavy (non-hydrogen) atoms. The number of halogens is 1. The number of rotatable bonds is 5. The summed E-state index contributed by atoms with van der Waals surface area (Å²) in [6, 6.07) is 10.7. The fourth-order valence-corrected chi connectivity index (χ4v) is 2.62. The van der Waals surface area contributed by atoms with Gasteiger partial charge in [-0.05, 0) is 11.6 Å². The minimum atomic E-state index is -0.336. The standard InChI is InChI=1S/C17H16ClN3O3/c1-21-13-6-7-24-15(13)8-14(21)17(23)20-10-16(22)19-9-11-4-2-3-5-12(11)18/h2-8H,9-10H2,1H3,(H,19,22)(H,20,23). The number of carbonyl (C=O) groups excluding carboxylic acids is 2. The Kier molecular flexibility index (Phi) is 4.57. The summed E-state index contributed by atoms with van der Waals surface area (Å²) < 4.78 is 6.98. The molecular formula is C17H16ClN3O3. The first-order valence-corrected chi connectivity index (χ1v) is 7.75. The molecular weight excluding hydrogens is 330 g/mol. The fraction of sp³-hybridized carbons (Fsp3) is 0.176. The maximum atomic E-state index is 12.2. The fourth-order valence-electron chi connectivity index (χ4n) is 2.42. The average Bonchev–Trinajstić information content (AvgIpc) is 3.15. The SMILES string of the molecule is Cn1c(C(=O)NCC(=O)NCc2ccccc2Cl)cc2occc21. The van der Waals surface area contributed by atoms with Gasteiger partial charge in [0.25, 0.3) is 5.91 Å². The number of aromatic nitrogens is 1. The van der Waals surface area contributed by atoms with Gasteiger partial charge in [0.1, 0.15) is 5.69 Å². The van der Waals surface area contributed by atoms with E-state index in [1.165, 1.54) is 0 Å². The second kappa shape index (κ2) is 6.80. The number of fused-ring (bicyclic) bond motifs is 1. The van der Waals surface area contributed by atoms with Gasteiger partial charge in [-0.15, -0.1) is 0 Å². The Labute approximate surface area is 143 Å². The summed E-state index contributed by atoms with van der Waals surface area (Å²) in [5.74, 6) is -0.627. The van der Waals surface area contributed by atoms with Crippen LogP contribution in [0.3, 0.4) is 0 Å². The van der Waals surface area contributed by atoms with E-state index in [1.54, 1.807) is 36.1 Å². The zero-order valence-corrected chi connectivity index (χ0v) is 13.8. The number of furan rings is 1. The summed E-state index contributed by atoms with van der Waals surface area (Å²) in [7, 11) is 1.77. The van der Waals surface area contributed by atoms with E-state index in [2.05, 4.69) is 10.6 Å². The van der Waals surface area contributed by atoms with E-state index in [-0.39, 0.29) is 18.4 Å². The third-order valence-corrected chi connectivity index (χ3v) is 4.11. The molecule has 6 nitrogen and oxygen atoms in total. The molecule has 0 aliphatic heterocycles. The summed E-state index contributed by atoms with van der Waals surface area (Å²) in [5.41, 5.74) is 2.71. The summed E-state index contributed by atoms with van der Waals surface area (Å²) in [6.07, 6.45) is 1.56. The van der Waals surface area contributed by atoms with Gasteiger partial charge in [0.05, 0.1) is 18.3 Å². The van der Waals surface area contributed by atoms with Crippen molar-refractivity contribution in [3.63, 3.8) is 0 Å². The molecule has 0 spiro atoms. The van der Waals surface area contributed by atoms with Crippen LogP contribution >= 0.6 is 11.6 Å². The Hall–Kier alpha value is -2.73. The van der Waals surface area contributed by atoms with Crippen LogP contribution in [0.15, 0.2) is 47.1 Å². The Morgan fingerprint density at radius 1 is 1.21 bits per heavy atom. The summed E-state index contributed by atoms with van der Waals surface area (Å²) >= 11 is 6.03. The molecule has 7 heteroatoms. The molecule has 0 saturated heterocycles. The molecule has 3 aromatic rings. The van der Waals surface area contributed by atoms with Crippen molar-refractivity contribution in [3.8, 4) is 0 Å². The highest BCUT2D eigenvalue weighted by atomic mass is 35.5. The molecule has 2 heterocycles. The van der Waals surface area contributed by atoms with Gasteiger partial charge in [0, 0.05) is 30.7 Å². The first-order chi connectivity index (χ1) is 11.6. The number of aryl methyl sites for hydroxylation is 1. The van der Waals surface area contributed by atoms with Crippen molar-refractivity contribution in [2.24, 2.45) is 7.05 Å². The molecule has 0 aliphatic rings. The number of nitrogens with zero attached hydrogens (tertiary/aromatic N) is 1. The van der Waals surface area contributed by atoms with Crippen LogP contribution in [0.25, 0.3) is 11.1 Å². The molecule has 0 aliphatic carbocycles. The van der Waals surface area contributed by atoms with Crippen molar-refractivity contribution in [1.82, 2.24) is 15.2 Å². The molecule has 2 aromatic heterocycles. The Bertz CT molecular complexity index is 898. The first kappa shape index (κ1) is 16.1. The zero-order chi connectivity index (χ0) is 17.1. The normalized spacial score (nSPS) is 10.8. The van der Waals surface area contributed by atoms with Crippen molar-refractivity contribution in [1.29, 1.82) is 0 Å². The van der Waals surface area contributed by atoms with Gasteiger partial charge >= 0.3 is 0 Å². The van der Waals surface area contributed by atoms with Crippen LogP contribution in [0.4, 0.5) is 0 Å². The molecule has 0 unspecified atom stereocenters. The highest BCUT2D eigenvalue weighted by Gasteiger charge is 2.15. The maximum absolute atomic E-state index is 12.2. The minimum absolute atomic E-state index is 0.115. The van der Waals surface area contributed by atoms with E-state index in [0.717, 1.165) is 11.1 Å². The third kappa shape index (κ3) is 3.28. The van der Waals surface area contributed by atoms with Gasteiger partial charge in [-0.25, -0.2) is 0 Å². The quantitative estimate of drug-likeness (QED) is 0.745. The van der Waals surface area contributed by atoms with Crippen LogP contribution in [0, 0.1) is 0 Å². The van der Waals surface area contributed by atoms with Gasteiger partial charge in [-0.3, -0.25) is 9.59 Å². The second-order valence-electron chi connectivity index (χ2n) is 5.31. The molecule has 0 radical (unpaired) electrons. The lowest BCUT2D eigenvalue weighted by Gasteiger charge is -2.08. The van der Waals surface area contributed by atoms with Crippen LogP contribution in [0.5, 0.6) is 0 Å². The van der Waals surface area contributed by atoms with E-state index in [9.17, 15) is 9.59 Å². The van der Waals surface area contributed by atoms with Crippen LogP contribution < -0.4 is 10.6 Å².